The molecule has 4 rings (SSSR count). The van der Waals surface area contributed by atoms with Gasteiger partial charge in [0.25, 0.3) is 0 Å². The lowest BCUT2D eigenvalue weighted by molar-refractivity contribution is -0.135. The summed E-state index contributed by atoms with van der Waals surface area (Å²) in [7, 11) is 0. The van der Waals surface area contributed by atoms with Gasteiger partial charge in [-0.3, -0.25) is 14.7 Å². The first-order chi connectivity index (χ1) is 15.2. The Morgan fingerprint density at radius 2 is 1.94 bits per heavy atom. The summed E-state index contributed by atoms with van der Waals surface area (Å²) < 4.78 is 0. The van der Waals surface area contributed by atoms with Gasteiger partial charge in [-0.15, -0.1) is 35.3 Å². The van der Waals surface area contributed by atoms with Gasteiger partial charge in [0.05, 0.1) is 12.6 Å². The molecule has 2 unspecified atom stereocenters. The van der Waals surface area contributed by atoms with Crippen molar-refractivity contribution in [1.29, 1.82) is 0 Å². The van der Waals surface area contributed by atoms with Crippen LogP contribution in [0.3, 0.4) is 0 Å². The zero-order valence-electron chi connectivity index (χ0n) is 19.4. The van der Waals surface area contributed by atoms with Crippen molar-refractivity contribution < 1.29 is 4.79 Å². The topological polar surface area (TPSA) is 60.0 Å². The first kappa shape index (κ1) is 25.7. The van der Waals surface area contributed by atoms with Crippen LogP contribution in [-0.2, 0) is 4.79 Å². The van der Waals surface area contributed by atoms with E-state index in [1.165, 1.54) is 50.1 Å². The maximum absolute atomic E-state index is 12.9. The summed E-state index contributed by atoms with van der Waals surface area (Å²) in [6.07, 6.45) is 9.46. The quantitative estimate of drug-likeness (QED) is 0.291. The zero-order chi connectivity index (χ0) is 21.5. The molecule has 1 aliphatic carbocycles. The van der Waals surface area contributed by atoms with Crippen LogP contribution >= 0.6 is 35.3 Å². The summed E-state index contributed by atoms with van der Waals surface area (Å²) in [5.41, 5.74) is 0. The van der Waals surface area contributed by atoms with Crippen molar-refractivity contribution in [3.8, 4) is 0 Å². The number of nitrogens with zero attached hydrogens (tertiary/aromatic N) is 3. The predicted molar refractivity (Wildman–Crippen MR) is 144 cm³/mol. The molecule has 0 aromatic carbocycles. The van der Waals surface area contributed by atoms with E-state index in [-0.39, 0.29) is 35.9 Å². The van der Waals surface area contributed by atoms with Crippen molar-refractivity contribution in [2.75, 3.05) is 39.3 Å². The van der Waals surface area contributed by atoms with E-state index in [1.54, 1.807) is 0 Å². The monoisotopic (exact) mass is 573 g/mol. The average molecular weight is 574 g/mol. The molecule has 0 bridgehead atoms. The smallest absolute Gasteiger partial charge is 0.225 e. The van der Waals surface area contributed by atoms with Gasteiger partial charge in [0, 0.05) is 36.5 Å². The summed E-state index contributed by atoms with van der Waals surface area (Å²) >= 11 is 1.84. The summed E-state index contributed by atoms with van der Waals surface area (Å²) in [4.78, 5) is 24.0. The highest BCUT2D eigenvalue weighted by Gasteiger charge is 2.32. The first-order valence-electron chi connectivity index (χ1n) is 12.4. The Kier molecular flexibility index (Phi) is 10.6. The lowest BCUT2D eigenvalue weighted by Gasteiger charge is -2.27. The van der Waals surface area contributed by atoms with Gasteiger partial charge < -0.3 is 15.5 Å². The number of carbonyl (C=O) groups excluding carboxylic acids is 1. The molecule has 2 N–H and O–H groups in total. The second-order valence-corrected chi connectivity index (χ2v) is 10.2. The molecule has 3 heterocycles. The molecule has 180 valence electrons. The van der Waals surface area contributed by atoms with Crippen LogP contribution in [0.5, 0.6) is 0 Å². The van der Waals surface area contributed by atoms with Crippen molar-refractivity contribution in [1.82, 2.24) is 20.4 Å². The van der Waals surface area contributed by atoms with Crippen LogP contribution in [0.2, 0.25) is 0 Å². The van der Waals surface area contributed by atoms with E-state index in [4.69, 9.17) is 4.99 Å². The molecular weight excluding hydrogens is 533 g/mol. The van der Waals surface area contributed by atoms with Crippen LogP contribution in [0, 0.1) is 5.92 Å². The molecule has 0 spiro atoms. The number of guanidine groups is 1. The van der Waals surface area contributed by atoms with E-state index in [0.29, 0.717) is 11.9 Å². The fourth-order valence-electron chi connectivity index (χ4n) is 5.30. The number of amides is 1. The normalized spacial score (nSPS) is 23.7. The number of likely N-dealkylation sites (tertiary alicyclic amines) is 2. The second kappa shape index (κ2) is 13.1. The van der Waals surface area contributed by atoms with Gasteiger partial charge in [-0.2, -0.15) is 0 Å². The molecule has 2 atom stereocenters. The van der Waals surface area contributed by atoms with E-state index in [0.717, 1.165) is 51.4 Å². The number of thiophene rings is 1. The summed E-state index contributed by atoms with van der Waals surface area (Å²) in [5.74, 6) is 1.54. The molecule has 1 saturated carbocycles. The molecule has 1 aromatic heterocycles. The number of carbonyl (C=O) groups is 1. The highest BCUT2D eigenvalue weighted by molar-refractivity contribution is 14.0. The summed E-state index contributed by atoms with van der Waals surface area (Å²) in [5, 5.41) is 9.22. The summed E-state index contributed by atoms with van der Waals surface area (Å²) in [6, 6.07) is 5.05. The van der Waals surface area contributed by atoms with Crippen molar-refractivity contribution in [3.05, 3.63) is 22.4 Å². The lowest BCUT2D eigenvalue weighted by atomic mass is 9.88. The van der Waals surface area contributed by atoms with Crippen LogP contribution in [0.15, 0.2) is 22.5 Å². The van der Waals surface area contributed by atoms with Gasteiger partial charge in [-0.1, -0.05) is 25.3 Å². The molecule has 3 aliphatic rings. The third-order valence-corrected chi connectivity index (χ3v) is 7.99. The molecule has 1 aromatic rings. The van der Waals surface area contributed by atoms with Gasteiger partial charge in [0.15, 0.2) is 5.96 Å². The van der Waals surface area contributed by atoms with Crippen LogP contribution in [0.1, 0.15) is 69.2 Å². The van der Waals surface area contributed by atoms with Crippen molar-refractivity contribution >= 4 is 47.2 Å². The molecular formula is C24H40IN5OS. The Morgan fingerprint density at radius 1 is 1.16 bits per heavy atom. The first-order valence-corrected chi connectivity index (χ1v) is 13.2. The average Bonchev–Trinajstić information content (AvgIpc) is 3.57. The summed E-state index contributed by atoms with van der Waals surface area (Å²) in [6.45, 7) is 7.75. The van der Waals surface area contributed by atoms with Crippen molar-refractivity contribution in [2.24, 2.45) is 10.9 Å². The minimum absolute atomic E-state index is 0. The second-order valence-electron chi connectivity index (χ2n) is 9.24. The highest BCUT2D eigenvalue weighted by Crippen LogP contribution is 2.29. The van der Waals surface area contributed by atoms with Crippen LogP contribution < -0.4 is 10.6 Å². The highest BCUT2D eigenvalue weighted by atomic mass is 127. The molecule has 6 nitrogen and oxygen atoms in total. The number of halogens is 1. The van der Waals surface area contributed by atoms with Crippen molar-refractivity contribution in [3.63, 3.8) is 0 Å². The van der Waals surface area contributed by atoms with Crippen molar-refractivity contribution in [2.45, 2.75) is 70.4 Å². The van der Waals surface area contributed by atoms with E-state index >= 15 is 0 Å². The van der Waals surface area contributed by atoms with Gasteiger partial charge >= 0.3 is 0 Å². The zero-order valence-corrected chi connectivity index (χ0v) is 22.6. The Labute approximate surface area is 214 Å². The number of rotatable bonds is 7. The van der Waals surface area contributed by atoms with Gasteiger partial charge in [-0.05, 0) is 63.6 Å². The maximum Gasteiger partial charge on any atom is 0.225 e. The lowest BCUT2D eigenvalue weighted by Crippen LogP contribution is -2.46. The number of hydrogen-bond acceptors (Lipinski definition) is 4. The van der Waals surface area contributed by atoms with Crippen LogP contribution in [-0.4, -0.2) is 67.0 Å². The van der Waals surface area contributed by atoms with E-state index in [2.05, 4.69) is 44.9 Å². The predicted octanol–water partition coefficient (Wildman–Crippen LogP) is 4.24. The Hall–Kier alpha value is -0.870. The Bertz CT molecular complexity index is 716. The Balaban J connectivity index is 0.00000289. The van der Waals surface area contributed by atoms with Gasteiger partial charge in [0.1, 0.15) is 0 Å². The minimum Gasteiger partial charge on any atom is -0.357 e. The molecule has 8 heteroatoms. The van der Waals surface area contributed by atoms with E-state index in [1.807, 2.05) is 11.3 Å². The molecule has 1 amide bonds. The maximum atomic E-state index is 12.9. The molecule has 2 saturated heterocycles. The van der Waals surface area contributed by atoms with E-state index < -0.39 is 0 Å². The molecule has 2 aliphatic heterocycles. The number of nitrogens with one attached hydrogen (secondary N) is 2. The fraction of sp³-hybridized carbons (Fsp3) is 0.750. The van der Waals surface area contributed by atoms with Gasteiger partial charge in [-0.25, -0.2) is 0 Å². The molecule has 0 radical (unpaired) electrons. The third kappa shape index (κ3) is 6.82. The van der Waals surface area contributed by atoms with Crippen LogP contribution in [0.4, 0.5) is 0 Å². The molecule has 32 heavy (non-hydrogen) atoms. The number of aliphatic imine (C=N–C) groups is 1. The SMILES string of the molecule is CCNC(=NCC(c1cccs1)N1CCCC1)NC1CCN(C(=O)C2CCCCC2)C1.I. The fourth-order valence-corrected chi connectivity index (χ4v) is 6.15. The largest absolute Gasteiger partial charge is 0.357 e. The Morgan fingerprint density at radius 3 is 2.62 bits per heavy atom. The van der Waals surface area contributed by atoms with E-state index in [9.17, 15) is 4.79 Å². The van der Waals surface area contributed by atoms with Gasteiger partial charge in [0.2, 0.25) is 5.91 Å². The molecule has 3 fully saturated rings. The standard InChI is InChI=1S/C24H39N5OS.HI/c1-2-25-24(26-17-21(22-11-8-16-31-22)28-13-6-7-14-28)27-20-12-15-29(18-20)23(30)19-9-4-3-5-10-19;/h8,11,16,19-21H,2-7,9-10,12-15,17-18H2,1H3,(H2,25,26,27);1H. The van der Waals surface area contributed by atoms with Crippen LogP contribution in [0.25, 0.3) is 0 Å². The minimum atomic E-state index is 0. The number of hydrogen-bond donors (Lipinski definition) is 2. The third-order valence-electron chi connectivity index (χ3n) is 7.01.